The standard InChI is InChI=1S/C16H20N4/c1-13-9-15(11-17-10-13)14-3-4-16(18-12-14)20-7-5-19(2)6-8-20/h3-4,9-12H,5-8H2,1-2H3. The normalized spacial score (nSPS) is 16.4. The molecule has 20 heavy (non-hydrogen) atoms. The van der Waals surface area contributed by atoms with Crippen LogP contribution in [0.1, 0.15) is 5.56 Å². The van der Waals surface area contributed by atoms with E-state index >= 15 is 0 Å². The van der Waals surface area contributed by atoms with Crippen LogP contribution in [0.15, 0.2) is 36.8 Å². The van der Waals surface area contributed by atoms with Crippen molar-refractivity contribution in [2.75, 3.05) is 38.1 Å². The Kier molecular flexibility index (Phi) is 3.65. The highest BCUT2D eigenvalue weighted by molar-refractivity contribution is 5.63. The zero-order chi connectivity index (χ0) is 13.9. The van der Waals surface area contributed by atoms with Gasteiger partial charge in [-0.25, -0.2) is 4.98 Å². The fourth-order valence-electron chi connectivity index (χ4n) is 2.49. The Labute approximate surface area is 120 Å². The number of likely N-dealkylation sites (N-methyl/N-ethyl adjacent to an activating group) is 1. The molecular formula is C16H20N4. The second-order valence-corrected chi connectivity index (χ2v) is 5.45. The molecule has 0 saturated carbocycles. The van der Waals surface area contributed by atoms with E-state index < -0.39 is 0 Å². The predicted molar refractivity (Wildman–Crippen MR) is 81.9 cm³/mol. The van der Waals surface area contributed by atoms with Crippen LogP contribution in [-0.2, 0) is 0 Å². The van der Waals surface area contributed by atoms with Crippen LogP contribution in [0.25, 0.3) is 11.1 Å². The fourth-order valence-corrected chi connectivity index (χ4v) is 2.49. The molecule has 1 aliphatic heterocycles. The van der Waals surface area contributed by atoms with Crippen molar-refractivity contribution in [1.82, 2.24) is 14.9 Å². The summed E-state index contributed by atoms with van der Waals surface area (Å²) in [6, 6.07) is 6.39. The third kappa shape index (κ3) is 2.80. The molecule has 0 aliphatic carbocycles. The second-order valence-electron chi connectivity index (χ2n) is 5.45. The van der Waals surface area contributed by atoms with Crippen molar-refractivity contribution in [2.24, 2.45) is 0 Å². The largest absolute Gasteiger partial charge is 0.354 e. The van der Waals surface area contributed by atoms with Crippen LogP contribution in [0.3, 0.4) is 0 Å². The average Bonchev–Trinajstić information content (AvgIpc) is 2.48. The number of hydrogen-bond donors (Lipinski definition) is 0. The second kappa shape index (κ2) is 5.59. The van der Waals surface area contributed by atoms with Crippen molar-refractivity contribution in [3.63, 3.8) is 0 Å². The maximum atomic E-state index is 4.61. The van der Waals surface area contributed by atoms with Crippen molar-refractivity contribution >= 4 is 5.82 Å². The number of hydrogen-bond acceptors (Lipinski definition) is 4. The van der Waals surface area contributed by atoms with Crippen LogP contribution in [0.5, 0.6) is 0 Å². The highest BCUT2D eigenvalue weighted by Crippen LogP contribution is 2.21. The molecule has 3 heterocycles. The van der Waals surface area contributed by atoms with Gasteiger partial charge in [0.15, 0.2) is 0 Å². The number of nitrogens with zero attached hydrogens (tertiary/aromatic N) is 4. The first-order chi connectivity index (χ1) is 9.72. The molecule has 1 aliphatic rings. The number of pyridine rings is 2. The first-order valence-corrected chi connectivity index (χ1v) is 7.04. The van der Waals surface area contributed by atoms with Crippen LogP contribution in [0.2, 0.25) is 0 Å². The van der Waals surface area contributed by atoms with Gasteiger partial charge in [-0.2, -0.15) is 0 Å². The molecule has 0 amide bonds. The Bertz CT molecular complexity index is 571. The summed E-state index contributed by atoms with van der Waals surface area (Å²) in [5.74, 6) is 1.07. The number of rotatable bonds is 2. The quantitative estimate of drug-likeness (QED) is 0.836. The molecule has 3 rings (SSSR count). The highest BCUT2D eigenvalue weighted by Gasteiger charge is 2.15. The number of aromatic nitrogens is 2. The van der Waals surface area contributed by atoms with Gasteiger partial charge in [0, 0.05) is 55.9 Å². The monoisotopic (exact) mass is 268 g/mol. The topological polar surface area (TPSA) is 32.3 Å². The molecule has 0 unspecified atom stereocenters. The molecule has 0 spiro atoms. The smallest absolute Gasteiger partial charge is 0.128 e. The Hall–Kier alpha value is -1.94. The van der Waals surface area contributed by atoms with Gasteiger partial charge in [-0.05, 0) is 37.7 Å². The van der Waals surface area contributed by atoms with Crippen molar-refractivity contribution < 1.29 is 0 Å². The Morgan fingerprint density at radius 2 is 1.75 bits per heavy atom. The molecule has 0 aromatic carbocycles. The van der Waals surface area contributed by atoms with Crippen LogP contribution in [0.4, 0.5) is 5.82 Å². The third-order valence-electron chi connectivity index (χ3n) is 3.78. The summed E-state index contributed by atoms with van der Waals surface area (Å²) >= 11 is 0. The molecule has 2 aromatic rings. The van der Waals surface area contributed by atoms with E-state index in [1.807, 2.05) is 18.6 Å². The first kappa shape index (κ1) is 13.1. The summed E-state index contributed by atoms with van der Waals surface area (Å²) in [7, 11) is 2.17. The van der Waals surface area contributed by atoms with Gasteiger partial charge in [-0.3, -0.25) is 4.98 Å². The van der Waals surface area contributed by atoms with Gasteiger partial charge in [0.2, 0.25) is 0 Å². The van der Waals surface area contributed by atoms with E-state index in [0.29, 0.717) is 0 Å². The van der Waals surface area contributed by atoms with Gasteiger partial charge >= 0.3 is 0 Å². The van der Waals surface area contributed by atoms with E-state index in [4.69, 9.17) is 0 Å². The summed E-state index contributed by atoms with van der Waals surface area (Å²) in [5, 5.41) is 0. The molecule has 4 nitrogen and oxygen atoms in total. The zero-order valence-electron chi connectivity index (χ0n) is 12.1. The summed E-state index contributed by atoms with van der Waals surface area (Å²) in [6.45, 7) is 6.36. The summed E-state index contributed by atoms with van der Waals surface area (Å²) < 4.78 is 0. The van der Waals surface area contributed by atoms with Gasteiger partial charge in [0.1, 0.15) is 5.82 Å². The lowest BCUT2D eigenvalue weighted by Gasteiger charge is -2.33. The minimum Gasteiger partial charge on any atom is -0.354 e. The SMILES string of the molecule is Cc1cncc(-c2ccc(N3CCN(C)CC3)nc2)c1. The van der Waals surface area contributed by atoms with E-state index in [0.717, 1.165) is 43.1 Å². The maximum Gasteiger partial charge on any atom is 0.128 e. The van der Waals surface area contributed by atoms with Crippen LogP contribution in [0, 0.1) is 6.92 Å². The Balaban J connectivity index is 1.78. The van der Waals surface area contributed by atoms with Gasteiger partial charge < -0.3 is 9.80 Å². The predicted octanol–water partition coefficient (Wildman–Crippen LogP) is 2.20. The molecule has 104 valence electrons. The first-order valence-electron chi connectivity index (χ1n) is 7.04. The third-order valence-corrected chi connectivity index (χ3v) is 3.78. The molecular weight excluding hydrogens is 248 g/mol. The Morgan fingerprint density at radius 3 is 2.40 bits per heavy atom. The van der Waals surface area contributed by atoms with E-state index in [2.05, 4.69) is 51.9 Å². The van der Waals surface area contributed by atoms with E-state index in [1.165, 1.54) is 5.56 Å². The summed E-state index contributed by atoms with van der Waals surface area (Å²) in [4.78, 5) is 13.5. The number of aryl methyl sites for hydroxylation is 1. The minimum atomic E-state index is 1.05. The number of piperazine rings is 1. The summed E-state index contributed by atoms with van der Waals surface area (Å²) in [6.07, 6.45) is 5.71. The van der Waals surface area contributed by atoms with Gasteiger partial charge in [-0.15, -0.1) is 0 Å². The van der Waals surface area contributed by atoms with E-state index in [-0.39, 0.29) is 0 Å². The molecule has 0 bridgehead atoms. The number of anilines is 1. The highest BCUT2D eigenvalue weighted by atomic mass is 15.3. The molecule has 0 N–H and O–H groups in total. The maximum absolute atomic E-state index is 4.61. The van der Waals surface area contributed by atoms with E-state index in [1.54, 1.807) is 0 Å². The zero-order valence-corrected chi connectivity index (χ0v) is 12.1. The summed E-state index contributed by atoms with van der Waals surface area (Å²) in [5.41, 5.74) is 3.42. The molecule has 1 saturated heterocycles. The van der Waals surface area contributed by atoms with Crippen molar-refractivity contribution in [2.45, 2.75) is 6.92 Å². The fraction of sp³-hybridized carbons (Fsp3) is 0.375. The van der Waals surface area contributed by atoms with Gasteiger partial charge in [-0.1, -0.05) is 0 Å². The lowest BCUT2D eigenvalue weighted by Crippen LogP contribution is -2.44. The lowest BCUT2D eigenvalue weighted by atomic mass is 10.1. The van der Waals surface area contributed by atoms with Crippen molar-refractivity contribution in [3.05, 3.63) is 42.4 Å². The van der Waals surface area contributed by atoms with Crippen molar-refractivity contribution in [1.29, 1.82) is 0 Å². The van der Waals surface area contributed by atoms with Crippen LogP contribution >= 0.6 is 0 Å². The molecule has 0 atom stereocenters. The van der Waals surface area contributed by atoms with Gasteiger partial charge in [0.05, 0.1) is 0 Å². The minimum absolute atomic E-state index is 1.05. The molecule has 1 fully saturated rings. The molecule has 2 aromatic heterocycles. The van der Waals surface area contributed by atoms with Gasteiger partial charge in [0.25, 0.3) is 0 Å². The average molecular weight is 268 g/mol. The van der Waals surface area contributed by atoms with E-state index in [9.17, 15) is 0 Å². The Morgan fingerprint density at radius 1 is 0.950 bits per heavy atom. The van der Waals surface area contributed by atoms with Crippen LogP contribution in [-0.4, -0.2) is 48.1 Å². The molecule has 4 heteroatoms. The van der Waals surface area contributed by atoms with Crippen LogP contribution < -0.4 is 4.90 Å². The molecule has 0 radical (unpaired) electrons. The van der Waals surface area contributed by atoms with Crippen molar-refractivity contribution in [3.8, 4) is 11.1 Å². The lowest BCUT2D eigenvalue weighted by molar-refractivity contribution is 0.312.